The summed E-state index contributed by atoms with van der Waals surface area (Å²) >= 11 is 12.6. The molecular weight excluding hydrogens is 347 g/mol. The van der Waals surface area contributed by atoms with Crippen molar-refractivity contribution < 1.29 is 9.53 Å². The molecule has 0 aromatic heterocycles. The SMILES string of the molecule is CCOC(=O)c1cc(CBr)c(Cl)cc1Br. The maximum absolute atomic E-state index is 11.5. The number of benzene rings is 1. The number of alkyl halides is 1. The number of rotatable bonds is 3. The first kappa shape index (κ1) is 13.0. The highest BCUT2D eigenvalue weighted by Crippen LogP contribution is 2.27. The lowest BCUT2D eigenvalue weighted by Crippen LogP contribution is -2.06. The Morgan fingerprint density at radius 3 is 2.73 bits per heavy atom. The molecule has 0 aliphatic carbocycles. The molecule has 0 heterocycles. The molecule has 0 radical (unpaired) electrons. The van der Waals surface area contributed by atoms with E-state index in [1.54, 1.807) is 19.1 Å². The maximum Gasteiger partial charge on any atom is 0.339 e. The first-order valence-electron chi connectivity index (χ1n) is 4.31. The Morgan fingerprint density at radius 1 is 1.53 bits per heavy atom. The molecule has 15 heavy (non-hydrogen) atoms. The van der Waals surface area contributed by atoms with Crippen LogP contribution in [0.4, 0.5) is 0 Å². The van der Waals surface area contributed by atoms with Crippen LogP contribution < -0.4 is 0 Å². The molecule has 0 atom stereocenters. The van der Waals surface area contributed by atoms with Crippen molar-refractivity contribution in [1.82, 2.24) is 0 Å². The van der Waals surface area contributed by atoms with Crippen LogP contribution >= 0.6 is 43.5 Å². The smallest absolute Gasteiger partial charge is 0.339 e. The van der Waals surface area contributed by atoms with E-state index >= 15 is 0 Å². The molecule has 0 fully saturated rings. The second-order valence-electron chi connectivity index (χ2n) is 2.78. The summed E-state index contributed by atoms with van der Waals surface area (Å²) in [5.41, 5.74) is 1.36. The van der Waals surface area contributed by atoms with Gasteiger partial charge in [-0.25, -0.2) is 4.79 Å². The van der Waals surface area contributed by atoms with Crippen molar-refractivity contribution in [2.45, 2.75) is 12.3 Å². The monoisotopic (exact) mass is 354 g/mol. The fourth-order valence-corrected chi connectivity index (χ4v) is 2.55. The highest BCUT2D eigenvalue weighted by molar-refractivity contribution is 9.10. The van der Waals surface area contributed by atoms with E-state index in [0.29, 0.717) is 27.0 Å². The van der Waals surface area contributed by atoms with Crippen molar-refractivity contribution in [3.05, 3.63) is 32.8 Å². The van der Waals surface area contributed by atoms with Gasteiger partial charge in [0.05, 0.1) is 12.2 Å². The van der Waals surface area contributed by atoms with Crippen LogP contribution in [0.15, 0.2) is 16.6 Å². The fourth-order valence-electron chi connectivity index (χ4n) is 1.06. The Kier molecular flexibility index (Phi) is 5.09. The summed E-state index contributed by atoms with van der Waals surface area (Å²) < 4.78 is 5.57. The lowest BCUT2D eigenvalue weighted by Gasteiger charge is -2.07. The van der Waals surface area contributed by atoms with Gasteiger partial charge in [-0.05, 0) is 40.5 Å². The Hall–Kier alpha value is -0.0600. The Balaban J connectivity index is 3.12. The summed E-state index contributed by atoms with van der Waals surface area (Å²) in [4.78, 5) is 11.5. The number of ether oxygens (including phenoxy) is 1. The van der Waals surface area contributed by atoms with Gasteiger partial charge in [0.25, 0.3) is 0 Å². The van der Waals surface area contributed by atoms with E-state index in [1.807, 2.05) is 0 Å². The highest BCUT2D eigenvalue weighted by Gasteiger charge is 2.13. The Labute approximate surface area is 110 Å². The average molecular weight is 356 g/mol. The number of halogens is 3. The first-order valence-corrected chi connectivity index (χ1v) is 6.60. The molecule has 0 aliphatic heterocycles. The summed E-state index contributed by atoms with van der Waals surface area (Å²) in [7, 11) is 0. The van der Waals surface area contributed by atoms with Crippen molar-refractivity contribution in [3.8, 4) is 0 Å². The summed E-state index contributed by atoms with van der Waals surface area (Å²) in [5, 5.41) is 1.22. The first-order chi connectivity index (χ1) is 7.10. The van der Waals surface area contributed by atoms with E-state index < -0.39 is 0 Å². The van der Waals surface area contributed by atoms with Gasteiger partial charge in [-0.1, -0.05) is 27.5 Å². The summed E-state index contributed by atoms with van der Waals surface area (Å²) in [6.07, 6.45) is 0. The zero-order valence-electron chi connectivity index (χ0n) is 8.02. The largest absolute Gasteiger partial charge is 0.462 e. The zero-order valence-corrected chi connectivity index (χ0v) is 11.9. The summed E-state index contributed by atoms with van der Waals surface area (Å²) in [6, 6.07) is 3.42. The van der Waals surface area contributed by atoms with E-state index in [2.05, 4.69) is 31.9 Å². The van der Waals surface area contributed by atoms with Crippen molar-refractivity contribution in [2.24, 2.45) is 0 Å². The van der Waals surface area contributed by atoms with Crippen LogP contribution in [0.2, 0.25) is 5.02 Å². The number of esters is 1. The second kappa shape index (κ2) is 5.87. The lowest BCUT2D eigenvalue weighted by atomic mass is 10.1. The normalized spacial score (nSPS) is 10.1. The Bertz CT molecular complexity index is 380. The van der Waals surface area contributed by atoms with Gasteiger partial charge in [0.1, 0.15) is 0 Å². The molecule has 0 amide bonds. The molecule has 0 bridgehead atoms. The molecule has 5 heteroatoms. The van der Waals surface area contributed by atoms with Crippen LogP contribution in [0.3, 0.4) is 0 Å². The van der Waals surface area contributed by atoms with E-state index in [9.17, 15) is 4.79 Å². The van der Waals surface area contributed by atoms with Crippen molar-refractivity contribution >= 4 is 49.4 Å². The average Bonchev–Trinajstić information content (AvgIpc) is 2.18. The number of carbonyl (C=O) groups excluding carboxylic acids is 1. The van der Waals surface area contributed by atoms with Crippen LogP contribution in [0.1, 0.15) is 22.8 Å². The third-order valence-corrected chi connectivity index (χ3v) is 3.39. The predicted molar refractivity (Wildman–Crippen MR) is 67.7 cm³/mol. The molecule has 0 N–H and O–H groups in total. The Morgan fingerprint density at radius 2 is 2.20 bits per heavy atom. The van der Waals surface area contributed by atoms with Crippen LogP contribution in [0.25, 0.3) is 0 Å². The molecule has 0 aliphatic rings. The van der Waals surface area contributed by atoms with Gasteiger partial charge in [0.15, 0.2) is 0 Å². The molecule has 0 saturated carbocycles. The molecule has 82 valence electrons. The zero-order chi connectivity index (χ0) is 11.4. The molecule has 0 spiro atoms. The number of hydrogen-bond donors (Lipinski definition) is 0. The van der Waals surface area contributed by atoms with Gasteiger partial charge in [-0.15, -0.1) is 0 Å². The minimum atomic E-state index is -0.344. The van der Waals surface area contributed by atoms with Gasteiger partial charge < -0.3 is 4.74 Å². The van der Waals surface area contributed by atoms with E-state index in [0.717, 1.165) is 5.56 Å². The molecule has 1 aromatic rings. The van der Waals surface area contributed by atoms with Crippen LogP contribution in [-0.2, 0) is 10.1 Å². The lowest BCUT2D eigenvalue weighted by molar-refractivity contribution is 0.0525. The van der Waals surface area contributed by atoms with E-state index in [1.165, 1.54) is 0 Å². The highest BCUT2D eigenvalue weighted by atomic mass is 79.9. The van der Waals surface area contributed by atoms with Gasteiger partial charge in [-0.3, -0.25) is 0 Å². The second-order valence-corrected chi connectivity index (χ2v) is 4.60. The molecule has 1 rings (SSSR count). The quantitative estimate of drug-likeness (QED) is 0.600. The van der Waals surface area contributed by atoms with Gasteiger partial charge in [-0.2, -0.15) is 0 Å². The third-order valence-electron chi connectivity index (χ3n) is 1.78. The van der Waals surface area contributed by atoms with Crippen LogP contribution in [-0.4, -0.2) is 12.6 Å². The van der Waals surface area contributed by atoms with Crippen molar-refractivity contribution in [3.63, 3.8) is 0 Å². The van der Waals surface area contributed by atoms with Crippen molar-refractivity contribution in [2.75, 3.05) is 6.61 Å². The third kappa shape index (κ3) is 3.20. The minimum Gasteiger partial charge on any atom is -0.462 e. The van der Waals surface area contributed by atoms with E-state index in [4.69, 9.17) is 16.3 Å². The molecular formula is C10H9Br2ClO2. The molecule has 0 saturated heterocycles. The standard InChI is InChI=1S/C10H9Br2ClO2/c1-2-15-10(14)7-3-6(5-11)9(13)4-8(7)12/h3-4H,2,5H2,1H3. The summed E-state index contributed by atoms with van der Waals surface area (Å²) in [5.74, 6) is -0.344. The summed E-state index contributed by atoms with van der Waals surface area (Å²) in [6.45, 7) is 2.13. The topological polar surface area (TPSA) is 26.3 Å². The number of hydrogen-bond acceptors (Lipinski definition) is 2. The van der Waals surface area contributed by atoms with Crippen molar-refractivity contribution in [1.29, 1.82) is 0 Å². The van der Waals surface area contributed by atoms with Crippen LogP contribution in [0.5, 0.6) is 0 Å². The molecule has 0 unspecified atom stereocenters. The van der Waals surface area contributed by atoms with E-state index in [-0.39, 0.29) is 5.97 Å². The molecule has 1 aromatic carbocycles. The van der Waals surface area contributed by atoms with Gasteiger partial charge in [0, 0.05) is 14.8 Å². The van der Waals surface area contributed by atoms with Crippen LogP contribution in [0, 0.1) is 0 Å². The fraction of sp³-hybridized carbons (Fsp3) is 0.300. The van der Waals surface area contributed by atoms with Gasteiger partial charge in [0.2, 0.25) is 0 Å². The minimum absolute atomic E-state index is 0.344. The maximum atomic E-state index is 11.5. The molecule has 2 nitrogen and oxygen atoms in total. The number of carbonyl (C=O) groups is 1. The van der Waals surface area contributed by atoms with Gasteiger partial charge >= 0.3 is 5.97 Å². The predicted octanol–water partition coefficient (Wildman–Crippen LogP) is 4.17.